The normalized spacial score (nSPS) is 32.1. The molecule has 0 aliphatic carbocycles. The van der Waals surface area contributed by atoms with E-state index in [-0.39, 0.29) is 30.1 Å². The molecule has 0 aromatic carbocycles. The zero-order chi connectivity index (χ0) is 25.6. The summed E-state index contributed by atoms with van der Waals surface area (Å²) in [6.07, 6.45) is 5.30. The van der Waals surface area contributed by atoms with Crippen LogP contribution in [0.3, 0.4) is 0 Å². The van der Waals surface area contributed by atoms with Crippen molar-refractivity contribution in [1.29, 1.82) is 0 Å². The van der Waals surface area contributed by atoms with Gasteiger partial charge in [-0.1, -0.05) is 39.3 Å². The first-order valence-electron chi connectivity index (χ1n) is 12.3. The Balaban J connectivity index is 2.33. The average molecular weight is 491 g/mol. The first kappa shape index (κ1) is 28.4. The maximum Gasteiger partial charge on any atom is 0.223 e. The van der Waals surface area contributed by atoms with Crippen molar-refractivity contribution < 1.29 is 19.8 Å². The number of Topliss-reactive ketones (excluding diaryl/α,β-unsaturated/α-hetero) is 1. The quantitative estimate of drug-likeness (QED) is 0.515. The average Bonchev–Trinajstić information content (AvgIpc) is 3.18. The van der Waals surface area contributed by atoms with Gasteiger partial charge in [0.1, 0.15) is 5.78 Å². The number of hydrogen-bond acceptors (Lipinski definition) is 6. The van der Waals surface area contributed by atoms with Gasteiger partial charge in [0.25, 0.3) is 0 Å². The third-order valence-electron chi connectivity index (χ3n) is 7.19. The molecule has 0 radical (unpaired) electrons. The highest BCUT2D eigenvalue weighted by Gasteiger charge is 2.42. The molecule has 1 aromatic rings. The molecule has 0 fully saturated rings. The lowest BCUT2D eigenvalue weighted by Crippen LogP contribution is -2.47. The van der Waals surface area contributed by atoms with E-state index in [4.69, 9.17) is 0 Å². The third kappa shape index (κ3) is 7.59. The van der Waals surface area contributed by atoms with Crippen LogP contribution in [0.5, 0.6) is 0 Å². The van der Waals surface area contributed by atoms with Gasteiger partial charge in [0.15, 0.2) is 0 Å². The highest BCUT2D eigenvalue weighted by Crippen LogP contribution is 2.32. The molecule has 1 aliphatic heterocycles. The van der Waals surface area contributed by atoms with Gasteiger partial charge >= 0.3 is 0 Å². The standard InChI is InChI=1S/C27H42N2O4S/c1-16-9-8-10-17(2)25(32)19(4)26(33)27(6,7)23(30)14-24(31)29-22(12-11-16)18(3)13-21-15-34-20(5)28-21/h11,13,15,17,19,22-23,25,30,32H,8-10,12,14H2,1-7H3,(H,29,31)/b16-11-,18-13+/t17?,19-,22?,23?,25+/m1/s1. The van der Waals surface area contributed by atoms with Gasteiger partial charge in [0, 0.05) is 11.3 Å². The van der Waals surface area contributed by atoms with E-state index in [1.54, 1.807) is 32.1 Å². The van der Waals surface area contributed by atoms with Crippen LogP contribution >= 0.6 is 11.3 Å². The number of aryl methyl sites for hydroxylation is 1. The molecule has 0 spiro atoms. The van der Waals surface area contributed by atoms with Gasteiger partial charge in [0.05, 0.1) is 40.8 Å². The Bertz CT molecular complexity index is 917. The number of carbonyl (C=O) groups excluding carboxylic acids is 2. The van der Waals surface area contributed by atoms with Gasteiger partial charge < -0.3 is 15.5 Å². The molecule has 190 valence electrons. The summed E-state index contributed by atoms with van der Waals surface area (Å²) in [7, 11) is 0. The van der Waals surface area contributed by atoms with Crippen molar-refractivity contribution in [3.05, 3.63) is 33.3 Å². The molecule has 0 saturated heterocycles. The number of aliphatic hydroxyl groups is 2. The Kier molecular flexibility index (Phi) is 10.2. The predicted molar refractivity (Wildman–Crippen MR) is 138 cm³/mol. The lowest BCUT2D eigenvalue weighted by molar-refractivity contribution is -0.143. The number of hydrogen-bond donors (Lipinski definition) is 3. The third-order valence-corrected chi connectivity index (χ3v) is 7.98. The van der Waals surface area contributed by atoms with Crippen molar-refractivity contribution in [1.82, 2.24) is 10.3 Å². The van der Waals surface area contributed by atoms with Crippen LogP contribution in [0.25, 0.3) is 6.08 Å². The number of rotatable bonds is 2. The van der Waals surface area contributed by atoms with E-state index >= 15 is 0 Å². The molecular formula is C27H42N2O4S. The van der Waals surface area contributed by atoms with Gasteiger partial charge in [0.2, 0.25) is 5.91 Å². The minimum Gasteiger partial charge on any atom is -0.392 e. The molecule has 5 atom stereocenters. The second kappa shape index (κ2) is 12.2. The van der Waals surface area contributed by atoms with E-state index in [0.717, 1.165) is 35.5 Å². The molecule has 2 rings (SSSR count). The summed E-state index contributed by atoms with van der Waals surface area (Å²) in [5, 5.41) is 27.7. The predicted octanol–water partition coefficient (Wildman–Crippen LogP) is 4.84. The van der Waals surface area contributed by atoms with Crippen LogP contribution in [0.1, 0.15) is 84.3 Å². The van der Waals surface area contributed by atoms with E-state index in [1.165, 1.54) is 5.57 Å². The molecular weight excluding hydrogens is 448 g/mol. The summed E-state index contributed by atoms with van der Waals surface area (Å²) >= 11 is 1.58. The van der Waals surface area contributed by atoms with Crippen LogP contribution in [-0.2, 0) is 9.59 Å². The summed E-state index contributed by atoms with van der Waals surface area (Å²) in [4.78, 5) is 30.6. The zero-order valence-electron chi connectivity index (χ0n) is 21.7. The number of amides is 1. The SMILES string of the molecule is C/C1=C/CC(/C(C)=C/c2csc(C)n2)NC(=O)CC(O)C(C)(C)C(=O)[C@H](C)[C@@H](O)C(C)CCC1. The Morgan fingerprint density at radius 3 is 2.53 bits per heavy atom. The maximum atomic E-state index is 13.2. The van der Waals surface area contributed by atoms with E-state index < -0.39 is 23.5 Å². The second-order valence-corrected chi connectivity index (χ2v) is 11.6. The number of allylic oxidation sites excluding steroid dienone is 1. The summed E-state index contributed by atoms with van der Waals surface area (Å²) in [5.74, 6) is -1.18. The summed E-state index contributed by atoms with van der Waals surface area (Å²) < 4.78 is 0. The Morgan fingerprint density at radius 2 is 1.91 bits per heavy atom. The number of aromatic nitrogens is 1. The lowest BCUT2D eigenvalue weighted by Gasteiger charge is -2.34. The van der Waals surface area contributed by atoms with E-state index in [2.05, 4.69) is 23.3 Å². The van der Waals surface area contributed by atoms with Gasteiger partial charge in [-0.2, -0.15) is 0 Å². The highest BCUT2D eigenvalue weighted by atomic mass is 32.1. The molecule has 6 nitrogen and oxygen atoms in total. The minimum atomic E-state index is -1.15. The molecule has 3 N–H and O–H groups in total. The van der Waals surface area contributed by atoms with Crippen molar-refractivity contribution in [2.45, 2.75) is 98.8 Å². The Labute approximate surface area is 208 Å². The number of nitrogens with one attached hydrogen (secondary N) is 1. The highest BCUT2D eigenvalue weighted by molar-refractivity contribution is 7.09. The monoisotopic (exact) mass is 490 g/mol. The van der Waals surface area contributed by atoms with Crippen molar-refractivity contribution in [3.8, 4) is 0 Å². The number of aliphatic hydroxyl groups excluding tert-OH is 2. The molecule has 34 heavy (non-hydrogen) atoms. The number of nitrogens with zero attached hydrogens (tertiary/aromatic N) is 1. The van der Waals surface area contributed by atoms with Gasteiger partial charge in [-0.3, -0.25) is 9.59 Å². The fourth-order valence-electron chi connectivity index (χ4n) is 4.52. The Hall–Kier alpha value is -1.83. The Morgan fingerprint density at radius 1 is 1.24 bits per heavy atom. The molecule has 0 bridgehead atoms. The summed E-state index contributed by atoms with van der Waals surface area (Å²) in [5.41, 5.74) is 1.94. The molecule has 7 heteroatoms. The fraction of sp³-hybridized carbons (Fsp3) is 0.667. The van der Waals surface area contributed by atoms with E-state index in [9.17, 15) is 19.8 Å². The zero-order valence-corrected chi connectivity index (χ0v) is 22.5. The van der Waals surface area contributed by atoms with Crippen LogP contribution in [0.4, 0.5) is 0 Å². The van der Waals surface area contributed by atoms with Crippen LogP contribution < -0.4 is 5.32 Å². The van der Waals surface area contributed by atoms with Gasteiger partial charge in [-0.25, -0.2) is 4.98 Å². The largest absolute Gasteiger partial charge is 0.392 e. The number of carbonyl (C=O) groups is 2. The molecule has 1 aromatic heterocycles. The van der Waals surface area contributed by atoms with E-state index in [0.29, 0.717) is 6.42 Å². The molecule has 1 aliphatic rings. The van der Waals surface area contributed by atoms with Crippen LogP contribution in [0.2, 0.25) is 0 Å². The maximum absolute atomic E-state index is 13.2. The van der Waals surface area contributed by atoms with Crippen molar-refractivity contribution in [3.63, 3.8) is 0 Å². The second-order valence-electron chi connectivity index (χ2n) is 10.5. The number of thiazole rings is 1. The first-order valence-corrected chi connectivity index (χ1v) is 13.2. The molecule has 1 amide bonds. The van der Waals surface area contributed by atoms with E-state index in [1.807, 2.05) is 32.2 Å². The van der Waals surface area contributed by atoms with Crippen molar-refractivity contribution in [2.75, 3.05) is 0 Å². The molecule has 0 saturated carbocycles. The molecule has 2 heterocycles. The number of ketones is 1. The molecule has 3 unspecified atom stereocenters. The first-order chi connectivity index (χ1) is 15.8. The van der Waals surface area contributed by atoms with Crippen molar-refractivity contribution in [2.24, 2.45) is 17.3 Å². The fourth-order valence-corrected chi connectivity index (χ4v) is 5.09. The summed E-state index contributed by atoms with van der Waals surface area (Å²) in [6.45, 7) is 13.0. The van der Waals surface area contributed by atoms with Gasteiger partial charge in [-0.15, -0.1) is 11.3 Å². The minimum absolute atomic E-state index is 0.0320. The topological polar surface area (TPSA) is 99.5 Å². The smallest absolute Gasteiger partial charge is 0.223 e. The van der Waals surface area contributed by atoms with Crippen LogP contribution in [0.15, 0.2) is 22.6 Å². The van der Waals surface area contributed by atoms with Crippen LogP contribution in [-0.4, -0.2) is 45.1 Å². The summed E-state index contributed by atoms with van der Waals surface area (Å²) in [6, 6.07) is -0.233. The lowest BCUT2D eigenvalue weighted by atomic mass is 9.73. The van der Waals surface area contributed by atoms with Gasteiger partial charge in [-0.05, 0) is 64.0 Å². The van der Waals surface area contributed by atoms with Crippen LogP contribution in [0, 0.1) is 24.2 Å². The van der Waals surface area contributed by atoms with Crippen molar-refractivity contribution >= 4 is 29.1 Å².